The van der Waals surface area contributed by atoms with Gasteiger partial charge in [0.2, 0.25) is 15.3 Å². The van der Waals surface area contributed by atoms with Crippen molar-refractivity contribution >= 4 is 26.4 Å². The quantitative estimate of drug-likeness (QED) is 0.601. The topological polar surface area (TPSA) is 62.6 Å². The summed E-state index contributed by atoms with van der Waals surface area (Å²) in [5, 5.41) is 0.0766. The first kappa shape index (κ1) is 22.5. The van der Waals surface area contributed by atoms with Crippen molar-refractivity contribution in [2.45, 2.75) is 37.1 Å². The lowest BCUT2D eigenvalue weighted by Gasteiger charge is -2.34. The fourth-order valence-electron chi connectivity index (χ4n) is 4.33. The lowest BCUT2D eigenvalue weighted by molar-refractivity contribution is 0.312. The number of benzene rings is 2. The first-order valence-electron chi connectivity index (χ1n) is 10.8. The Morgan fingerprint density at radius 3 is 2.19 bits per heavy atom. The highest BCUT2D eigenvalue weighted by Crippen LogP contribution is 2.28. The number of anilines is 1. The van der Waals surface area contributed by atoms with E-state index >= 15 is 4.39 Å². The molecule has 3 aromatic rings. The van der Waals surface area contributed by atoms with Crippen molar-refractivity contribution in [3.63, 3.8) is 0 Å². The van der Waals surface area contributed by atoms with Crippen LogP contribution in [0.3, 0.4) is 0 Å². The van der Waals surface area contributed by atoms with E-state index < -0.39 is 21.1 Å². The molecule has 1 fully saturated rings. The van der Waals surface area contributed by atoms with Crippen molar-refractivity contribution in [3.8, 4) is 0 Å². The average molecular weight is 458 g/mol. The predicted octanol–water partition coefficient (Wildman–Crippen LogP) is 3.36. The molecule has 1 saturated heterocycles. The Balaban J connectivity index is 1.91. The van der Waals surface area contributed by atoms with Gasteiger partial charge < -0.3 is 14.4 Å². The number of pyridine rings is 1. The molecule has 1 aromatic heterocycles. The van der Waals surface area contributed by atoms with Gasteiger partial charge in [0.05, 0.1) is 21.5 Å². The normalized spacial score (nSPS) is 15.5. The molecule has 32 heavy (non-hydrogen) atoms. The molecule has 2 heterocycles. The number of rotatable bonds is 4. The lowest BCUT2D eigenvalue weighted by atomic mass is 10.1. The van der Waals surface area contributed by atoms with E-state index in [2.05, 4.69) is 4.90 Å². The Kier molecular flexibility index (Phi) is 5.85. The van der Waals surface area contributed by atoms with Crippen molar-refractivity contribution in [1.29, 1.82) is 0 Å². The monoisotopic (exact) mass is 457 g/mol. The molecule has 0 saturated carbocycles. The molecule has 1 aliphatic heterocycles. The van der Waals surface area contributed by atoms with Crippen LogP contribution in [0.5, 0.6) is 0 Å². The average Bonchev–Trinajstić information content (AvgIpc) is 2.74. The highest BCUT2D eigenvalue weighted by Gasteiger charge is 2.26. The molecular weight excluding hydrogens is 429 g/mol. The minimum Gasteiger partial charge on any atom is -0.367 e. The SMILES string of the molecule is CCn1cc(S(=O)(=O)c2cc(C)cc(C)c2)c(=O)c2cc(F)c(N3CCN(C)CC3)cc21. The second-order valence-corrected chi connectivity index (χ2v) is 10.5. The molecule has 170 valence electrons. The Hall–Kier alpha value is -2.71. The largest absolute Gasteiger partial charge is 0.367 e. The van der Waals surface area contributed by atoms with Crippen molar-refractivity contribution in [2.75, 3.05) is 38.1 Å². The smallest absolute Gasteiger partial charge is 0.211 e. The van der Waals surface area contributed by atoms with Gasteiger partial charge in [-0.2, -0.15) is 0 Å². The van der Waals surface area contributed by atoms with Gasteiger partial charge in [-0.3, -0.25) is 4.79 Å². The fraction of sp³-hybridized carbons (Fsp3) is 0.375. The highest BCUT2D eigenvalue weighted by molar-refractivity contribution is 7.91. The third-order valence-corrected chi connectivity index (χ3v) is 7.82. The number of piperazine rings is 1. The Morgan fingerprint density at radius 1 is 0.969 bits per heavy atom. The van der Waals surface area contributed by atoms with E-state index in [1.807, 2.05) is 38.8 Å². The second-order valence-electron chi connectivity index (χ2n) is 8.55. The van der Waals surface area contributed by atoms with Crippen LogP contribution in [0.15, 0.2) is 51.1 Å². The molecule has 6 nitrogen and oxygen atoms in total. The molecule has 0 radical (unpaired) electrons. The molecule has 0 bridgehead atoms. The number of likely N-dealkylation sites (N-methyl/N-ethyl adjacent to an activating group) is 1. The number of sulfone groups is 1. The highest BCUT2D eigenvalue weighted by atomic mass is 32.2. The van der Waals surface area contributed by atoms with Gasteiger partial charge in [-0.25, -0.2) is 12.8 Å². The Labute approximate surface area is 187 Å². The van der Waals surface area contributed by atoms with Crippen molar-refractivity contribution in [2.24, 2.45) is 0 Å². The summed E-state index contributed by atoms with van der Waals surface area (Å²) in [5.41, 5.74) is 1.89. The molecule has 8 heteroatoms. The summed E-state index contributed by atoms with van der Waals surface area (Å²) in [4.78, 5) is 17.2. The molecule has 0 aliphatic carbocycles. The molecule has 4 rings (SSSR count). The zero-order valence-electron chi connectivity index (χ0n) is 18.9. The minimum atomic E-state index is -4.06. The van der Waals surface area contributed by atoms with Crippen molar-refractivity contribution < 1.29 is 12.8 Å². The van der Waals surface area contributed by atoms with Gasteiger partial charge in [-0.05, 0) is 63.2 Å². The molecule has 0 atom stereocenters. The summed E-state index contributed by atoms with van der Waals surface area (Å²) >= 11 is 0. The standard InChI is InChI=1S/C24H28FN3O3S/c1-5-27-15-23(32(30,31)18-11-16(2)10-17(3)12-18)24(29)19-13-20(25)22(14-21(19)27)28-8-6-26(4)7-9-28/h10-15H,5-9H2,1-4H3. The molecular formula is C24H28FN3O3S. The minimum absolute atomic E-state index is 0.0728. The van der Waals surface area contributed by atoms with E-state index in [1.54, 1.807) is 22.8 Å². The van der Waals surface area contributed by atoms with Crippen LogP contribution >= 0.6 is 0 Å². The van der Waals surface area contributed by atoms with Crippen molar-refractivity contribution in [1.82, 2.24) is 9.47 Å². The first-order valence-corrected chi connectivity index (χ1v) is 12.2. The summed E-state index contributed by atoms with van der Waals surface area (Å²) in [5.74, 6) is -0.511. The first-order chi connectivity index (χ1) is 15.1. The van der Waals surface area contributed by atoms with Gasteiger partial charge in [-0.15, -0.1) is 0 Å². The maximum Gasteiger partial charge on any atom is 0.211 e. The van der Waals surface area contributed by atoms with Gasteiger partial charge in [0.25, 0.3) is 0 Å². The molecule has 0 spiro atoms. The Bertz CT molecular complexity index is 1340. The number of hydrogen-bond donors (Lipinski definition) is 0. The van der Waals surface area contributed by atoms with E-state index in [1.165, 1.54) is 12.3 Å². The van der Waals surface area contributed by atoms with Crippen LogP contribution in [-0.2, 0) is 16.4 Å². The maximum absolute atomic E-state index is 15.1. The molecule has 0 N–H and O–H groups in total. The molecule has 0 amide bonds. The zero-order valence-corrected chi connectivity index (χ0v) is 19.7. The number of hydrogen-bond acceptors (Lipinski definition) is 5. The van der Waals surface area contributed by atoms with E-state index in [-0.39, 0.29) is 15.2 Å². The number of aryl methyl sites for hydroxylation is 3. The predicted molar refractivity (Wildman–Crippen MR) is 125 cm³/mol. The Morgan fingerprint density at radius 2 is 1.59 bits per heavy atom. The van der Waals surface area contributed by atoms with Crippen LogP contribution in [0.1, 0.15) is 18.1 Å². The number of halogens is 1. The van der Waals surface area contributed by atoms with Gasteiger partial charge in [-0.1, -0.05) is 6.07 Å². The van der Waals surface area contributed by atoms with Crippen molar-refractivity contribution in [3.05, 3.63) is 63.7 Å². The summed E-state index contributed by atoms with van der Waals surface area (Å²) in [6.45, 7) is 8.97. The van der Waals surface area contributed by atoms with Gasteiger partial charge in [0.1, 0.15) is 10.7 Å². The summed E-state index contributed by atoms with van der Waals surface area (Å²) in [6.07, 6.45) is 1.39. The summed E-state index contributed by atoms with van der Waals surface area (Å²) in [7, 11) is -2.03. The lowest BCUT2D eigenvalue weighted by Crippen LogP contribution is -2.44. The number of nitrogens with zero attached hydrogens (tertiary/aromatic N) is 3. The third kappa shape index (κ3) is 3.93. The maximum atomic E-state index is 15.1. The van der Waals surface area contributed by atoms with Crippen LogP contribution < -0.4 is 10.3 Å². The molecule has 1 aliphatic rings. The third-order valence-electron chi connectivity index (χ3n) is 6.10. The van der Waals surface area contributed by atoms with Crippen LogP contribution in [0, 0.1) is 19.7 Å². The number of fused-ring (bicyclic) bond motifs is 1. The van der Waals surface area contributed by atoms with Crippen LogP contribution in [-0.4, -0.2) is 51.1 Å². The van der Waals surface area contributed by atoms with Crippen LogP contribution in [0.25, 0.3) is 10.9 Å². The van der Waals surface area contributed by atoms with E-state index in [0.717, 1.165) is 24.2 Å². The fourth-order valence-corrected chi connectivity index (χ4v) is 5.89. The summed E-state index contributed by atoms with van der Waals surface area (Å²) < 4.78 is 43.6. The summed E-state index contributed by atoms with van der Waals surface area (Å²) in [6, 6.07) is 7.85. The van der Waals surface area contributed by atoms with Crippen LogP contribution in [0.2, 0.25) is 0 Å². The van der Waals surface area contributed by atoms with Crippen LogP contribution in [0.4, 0.5) is 10.1 Å². The van der Waals surface area contributed by atoms with E-state index in [0.29, 0.717) is 30.8 Å². The van der Waals surface area contributed by atoms with Gasteiger partial charge >= 0.3 is 0 Å². The van der Waals surface area contributed by atoms with Gasteiger partial charge in [0.15, 0.2) is 0 Å². The van der Waals surface area contributed by atoms with E-state index in [4.69, 9.17) is 0 Å². The molecule has 2 aromatic carbocycles. The zero-order chi connectivity index (χ0) is 23.2. The molecule has 0 unspecified atom stereocenters. The number of aromatic nitrogens is 1. The van der Waals surface area contributed by atoms with Gasteiger partial charge in [0, 0.05) is 38.9 Å². The van der Waals surface area contributed by atoms with E-state index in [9.17, 15) is 13.2 Å². The second kappa shape index (κ2) is 8.33.